The van der Waals surface area contributed by atoms with Crippen LogP contribution in [0, 0.1) is 0 Å². The Kier molecular flexibility index (Phi) is 9.05. The van der Waals surface area contributed by atoms with E-state index in [0.717, 1.165) is 23.0 Å². The molecule has 0 atom stereocenters. The Morgan fingerprint density at radius 3 is 2.45 bits per heavy atom. The van der Waals surface area contributed by atoms with Gasteiger partial charge in [0.1, 0.15) is 0 Å². The zero-order valence-electron chi connectivity index (χ0n) is 12.2. The smallest absolute Gasteiger partial charge is 0.243 e. The molecule has 1 aromatic rings. The molecule has 0 aromatic heterocycles. The molecule has 0 aliphatic carbocycles. The normalized spacial score (nSPS) is 10.9. The summed E-state index contributed by atoms with van der Waals surface area (Å²) in [4.78, 5) is 11.6. The molecule has 1 amide bonds. The average Bonchev–Trinajstić information content (AvgIpc) is 2.46. The summed E-state index contributed by atoms with van der Waals surface area (Å²) in [5.41, 5.74) is 1.03. The Morgan fingerprint density at radius 2 is 1.75 bits per heavy atom. The first-order valence-electron chi connectivity index (χ1n) is 7.44. The first kappa shape index (κ1) is 17.0. The Morgan fingerprint density at radius 1 is 1.10 bits per heavy atom. The average molecular weight is 338 g/mol. The van der Waals surface area contributed by atoms with E-state index in [1.807, 2.05) is 30.3 Å². The highest BCUT2D eigenvalue weighted by atomic mass is 79.9. The van der Waals surface area contributed by atoms with Gasteiger partial charge in [-0.2, -0.15) is 0 Å². The number of amides is 1. The largest absolute Gasteiger partial charge is 0.353 e. The number of unbranched alkanes of at least 4 members (excludes halogenated alkanes) is 5. The first-order valence-corrected chi connectivity index (χ1v) is 8.23. The Hall–Kier alpha value is -1.09. The number of hydrogen-bond donors (Lipinski definition) is 1. The highest BCUT2D eigenvalue weighted by molar-refractivity contribution is 9.10. The molecule has 0 saturated carbocycles. The summed E-state index contributed by atoms with van der Waals surface area (Å²) < 4.78 is 1.04. The number of rotatable bonds is 9. The van der Waals surface area contributed by atoms with E-state index < -0.39 is 0 Å². The van der Waals surface area contributed by atoms with Crippen LogP contribution in [0.5, 0.6) is 0 Å². The lowest BCUT2D eigenvalue weighted by atomic mass is 10.1. The van der Waals surface area contributed by atoms with Crippen LogP contribution in [0.1, 0.15) is 51.0 Å². The summed E-state index contributed by atoms with van der Waals surface area (Å²) in [6.45, 7) is 2.99. The monoisotopic (exact) mass is 337 g/mol. The molecular formula is C17H24BrNO. The van der Waals surface area contributed by atoms with Gasteiger partial charge < -0.3 is 5.32 Å². The van der Waals surface area contributed by atoms with Gasteiger partial charge in [0.2, 0.25) is 5.91 Å². The number of benzene rings is 1. The molecule has 1 rings (SSSR count). The zero-order chi connectivity index (χ0) is 14.6. The van der Waals surface area contributed by atoms with Gasteiger partial charge in [0.15, 0.2) is 0 Å². The molecule has 0 aliphatic heterocycles. The Bertz CT molecular complexity index is 412. The maximum Gasteiger partial charge on any atom is 0.243 e. The van der Waals surface area contributed by atoms with Crippen molar-refractivity contribution in [2.24, 2.45) is 0 Å². The predicted molar refractivity (Wildman–Crippen MR) is 89.6 cm³/mol. The summed E-state index contributed by atoms with van der Waals surface area (Å²) >= 11 is 3.39. The van der Waals surface area contributed by atoms with Crippen LogP contribution in [0.4, 0.5) is 0 Å². The molecular weight excluding hydrogens is 314 g/mol. The fraction of sp³-hybridized carbons (Fsp3) is 0.471. The van der Waals surface area contributed by atoms with E-state index in [2.05, 4.69) is 28.2 Å². The second-order valence-corrected chi connectivity index (χ2v) is 5.86. The lowest BCUT2D eigenvalue weighted by Gasteiger charge is -2.02. The van der Waals surface area contributed by atoms with E-state index in [9.17, 15) is 4.79 Å². The lowest BCUT2D eigenvalue weighted by molar-refractivity contribution is -0.116. The van der Waals surface area contributed by atoms with E-state index in [-0.39, 0.29) is 5.91 Å². The van der Waals surface area contributed by atoms with Crippen molar-refractivity contribution in [3.8, 4) is 0 Å². The minimum atomic E-state index is -0.0125. The van der Waals surface area contributed by atoms with E-state index in [1.54, 1.807) is 6.08 Å². The maximum atomic E-state index is 11.6. The topological polar surface area (TPSA) is 29.1 Å². The van der Waals surface area contributed by atoms with Gasteiger partial charge in [-0.05, 0) is 30.2 Å². The Balaban J connectivity index is 2.12. The van der Waals surface area contributed by atoms with Crippen LogP contribution < -0.4 is 5.32 Å². The number of hydrogen-bond acceptors (Lipinski definition) is 1. The van der Waals surface area contributed by atoms with Crippen molar-refractivity contribution >= 4 is 27.9 Å². The number of carbonyl (C=O) groups is 1. The molecule has 2 nitrogen and oxygen atoms in total. The van der Waals surface area contributed by atoms with Crippen LogP contribution in [0.25, 0.3) is 6.08 Å². The molecule has 0 aliphatic rings. The molecule has 0 spiro atoms. The van der Waals surface area contributed by atoms with Crippen LogP contribution >= 0.6 is 15.9 Å². The van der Waals surface area contributed by atoms with E-state index in [0.29, 0.717) is 0 Å². The molecule has 0 unspecified atom stereocenters. The minimum Gasteiger partial charge on any atom is -0.353 e. The molecule has 20 heavy (non-hydrogen) atoms. The quantitative estimate of drug-likeness (QED) is 0.501. The van der Waals surface area contributed by atoms with Gasteiger partial charge in [0, 0.05) is 17.1 Å². The molecule has 0 radical (unpaired) electrons. The summed E-state index contributed by atoms with van der Waals surface area (Å²) in [7, 11) is 0. The third-order valence-corrected chi connectivity index (χ3v) is 3.66. The van der Waals surface area contributed by atoms with Crippen molar-refractivity contribution in [3.05, 3.63) is 40.4 Å². The standard InChI is InChI=1S/C17H24BrNO/c1-2-3-4-5-6-7-14-19-17(20)13-10-15-8-11-16(18)12-9-15/h8-13H,2-7,14H2,1H3,(H,19,20)/b13-10+. The molecule has 0 bridgehead atoms. The van der Waals surface area contributed by atoms with Crippen molar-refractivity contribution in [2.75, 3.05) is 6.54 Å². The van der Waals surface area contributed by atoms with Crippen LogP contribution in [0.3, 0.4) is 0 Å². The SMILES string of the molecule is CCCCCCCCNC(=O)/C=C/c1ccc(Br)cc1. The number of carbonyl (C=O) groups excluding carboxylic acids is 1. The predicted octanol–water partition coefficient (Wildman–Crippen LogP) is 4.94. The van der Waals surface area contributed by atoms with Crippen LogP contribution in [-0.2, 0) is 4.79 Å². The highest BCUT2D eigenvalue weighted by Crippen LogP contribution is 2.11. The van der Waals surface area contributed by atoms with Gasteiger partial charge in [-0.15, -0.1) is 0 Å². The number of nitrogens with one attached hydrogen (secondary N) is 1. The number of halogens is 1. The van der Waals surface area contributed by atoms with Crippen LogP contribution in [0.15, 0.2) is 34.8 Å². The molecule has 0 saturated heterocycles. The minimum absolute atomic E-state index is 0.0125. The van der Waals surface area contributed by atoms with Gasteiger partial charge in [-0.1, -0.05) is 67.1 Å². The molecule has 110 valence electrons. The summed E-state index contributed by atoms with van der Waals surface area (Å²) in [5.74, 6) is -0.0125. The van der Waals surface area contributed by atoms with Gasteiger partial charge in [-0.25, -0.2) is 0 Å². The van der Waals surface area contributed by atoms with E-state index >= 15 is 0 Å². The first-order chi connectivity index (χ1) is 9.72. The van der Waals surface area contributed by atoms with Crippen molar-refractivity contribution in [1.82, 2.24) is 5.32 Å². The maximum absolute atomic E-state index is 11.6. The van der Waals surface area contributed by atoms with Gasteiger partial charge in [0.25, 0.3) is 0 Å². The van der Waals surface area contributed by atoms with Gasteiger partial charge in [-0.3, -0.25) is 4.79 Å². The fourth-order valence-electron chi connectivity index (χ4n) is 1.92. The molecule has 0 heterocycles. The lowest BCUT2D eigenvalue weighted by Crippen LogP contribution is -2.21. The van der Waals surface area contributed by atoms with Crippen LogP contribution in [-0.4, -0.2) is 12.5 Å². The Labute approximate surface area is 130 Å². The van der Waals surface area contributed by atoms with E-state index in [1.165, 1.54) is 32.1 Å². The highest BCUT2D eigenvalue weighted by Gasteiger charge is 1.95. The molecule has 3 heteroatoms. The zero-order valence-corrected chi connectivity index (χ0v) is 13.8. The third kappa shape index (κ3) is 8.16. The molecule has 1 aromatic carbocycles. The van der Waals surface area contributed by atoms with Crippen molar-refractivity contribution in [1.29, 1.82) is 0 Å². The van der Waals surface area contributed by atoms with E-state index in [4.69, 9.17) is 0 Å². The fourth-order valence-corrected chi connectivity index (χ4v) is 2.19. The second kappa shape index (κ2) is 10.7. The van der Waals surface area contributed by atoms with Crippen molar-refractivity contribution < 1.29 is 4.79 Å². The van der Waals surface area contributed by atoms with Crippen molar-refractivity contribution in [3.63, 3.8) is 0 Å². The molecule has 1 N–H and O–H groups in total. The second-order valence-electron chi connectivity index (χ2n) is 4.94. The van der Waals surface area contributed by atoms with Gasteiger partial charge in [0.05, 0.1) is 0 Å². The summed E-state index contributed by atoms with van der Waals surface area (Å²) in [6.07, 6.45) is 10.9. The third-order valence-electron chi connectivity index (χ3n) is 3.13. The summed E-state index contributed by atoms with van der Waals surface area (Å²) in [6, 6.07) is 7.88. The van der Waals surface area contributed by atoms with Gasteiger partial charge >= 0.3 is 0 Å². The van der Waals surface area contributed by atoms with Crippen LogP contribution in [0.2, 0.25) is 0 Å². The van der Waals surface area contributed by atoms with Crippen molar-refractivity contribution in [2.45, 2.75) is 45.4 Å². The molecule has 0 fully saturated rings. The summed E-state index contributed by atoms with van der Waals surface area (Å²) in [5, 5.41) is 2.92.